The maximum atomic E-state index is 15.2. The molecule has 38 heavy (non-hydrogen) atoms. The number of hydrogen-bond acceptors (Lipinski definition) is 6. The van der Waals surface area contributed by atoms with Gasteiger partial charge in [0.15, 0.2) is 17.4 Å². The molecule has 0 radical (unpaired) electrons. The monoisotopic (exact) mass is 525 g/mol. The van der Waals surface area contributed by atoms with Gasteiger partial charge >= 0.3 is 0 Å². The first-order valence-electron chi connectivity index (χ1n) is 13.2. The normalized spacial score (nSPS) is 21.8. The summed E-state index contributed by atoms with van der Waals surface area (Å²) >= 11 is 0. The van der Waals surface area contributed by atoms with E-state index < -0.39 is 11.6 Å². The van der Waals surface area contributed by atoms with E-state index in [4.69, 9.17) is 4.74 Å². The fraction of sp³-hybridized carbons (Fsp3) is 0.448. The van der Waals surface area contributed by atoms with Crippen LogP contribution in [0.2, 0.25) is 0 Å². The molecule has 1 N–H and O–H groups in total. The standard InChI is InChI=1S/C29H34F3N5O/c1-16(2)37-8-9-38-28-24(31)12-20(13-26(28)37)27-25(32)15-33-29(35-27)34-21-6-7-22(23(30)14-21)19-10-17(3)36(5)18(4)11-19/h6-7,12-19H,8-11H2,1-5H3,(H,33,34,35). The van der Waals surface area contributed by atoms with Crippen LogP contribution in [-0.2, 0) is 0 Å². The summed E-state index contributed by atoms with van der Waals surface area (Å²) in [4.78, 5) is 12.7. The molecule has 1 fully saturated rings. The zero-order chi connectivity index (χ0) is 27.1. The van der Waals surface area contributed by atoms with Crippen molar-refractivity contribution in [1.29, 1.82) is 0 Å². The van der Waals surface area contributed by atoms with Crippen molar-refractivity contribution in [1.82, 2.24) is 14.9 Å². The lowest BCUT2D eigenvalue weighted by molar-refractivity contribution is 0.121. The predicted octanol–water partition coefficient (Wildman–Crippen LogP) is 6.50. The quantitative estimate of drug-likeness (QED) is 0.411. The molecule has 2 unspecified atom stereocenters. The molecule has 0 amide bonds. The number of ether oxygens (including phenoxy) is 1. The molecular weight excluding hydrogens is 491 g/mol. The SMILES string of the molecule is CC(C)N1CCOc2c(F)cc(-c3nc(Nc4ccc(C5CC(C)N(C)C(C)C5)c(F)c4)ncc3F)cc21. The molecule has 3 aromatic rings. The van der Waals surface area contributed by atoms with Crippen molar-refractivity contribution >= 4 is 17.3 Å². The number of hydrogen-bond donors (Lipinski definition) is 1. The molecule has 2 atom stereocenters. The summed E-state index contributed by atoms with van der Waals surface area (Å²) < 4.78 is 50.5. The van der Waals surface area contributed by atoms with Gasteiger partial charge in [0.2, 0.25) is 5.95 Å². The Morgan fingerprint density at radius 1 is 1.00 bits per heavy atom. The number of rotatable bonds is 5. The van der Waals surface area contributed by atoms with Crippen molar-refractivity contribution in [3.8, 4) is 17.0 Å². The highest BCUT2D eigenvalue weighted by molar-refractivity contribution is 5.73. The first-order valence-corrected chi connectivity index (χ1v) is 13.2. The van der Waals surface area contributed by atoms with E-state index in [0.29, 0.717) is 42.2 Å². The van der Waals surface area contributed by atoms with Crippen LogP contribution in [0.25, 0.3) is 11.3 Å². The maximum absolute atomic E-state index is 15.2. The van der Waals surface area contributed by atoms with Crippen LogP contribution in [0.4, 0.5) is 30.5 Å². The molecular formula is C29H34F3N5O. The molecule has 0 aliphatic carbocycles. The molecule has 6 nitrogen and oxygen atoms in total. The highest BCUT2D eigenvalue weighted by Gasteiger charge is 2.30. The number of benzene rings is 2. The minimum absolute atomic E-state index is 0.0510. The van der Waals surface area contributed by atoms with E-state index in [2.05, 4.69) is 41.1 Å². The second-order valence-electron chi connectivity index (χ2n) is 10.7. The molecule has 202 valence electrons. The fourth-order valence-electron chi connectivity index (χ4n) is 5.61. The van der Waals surface area contributed by atoms with Gasteiger partial charge in [-0.15, -0.1) is 0 Å². The van der Waals surface area contributed by atoms with Crippen molar-refractivity contribution in [2.24, 2.45) is 0 Å². The number of nitrogens with zero attached hydrogens (tertiary/aromatic N) is 4. The number of piperidine rings is 1. The van der Waals surface area contributed by atoms with Crippen LogP contribution in [0.5, 0.6) is 5.75 Å². The van der Waals surface area contributed by atoms with E-state index in [-0.39, 0.29) is 40.7 Å². The van der Waals surface area contributed by atoms with Crippen molar-refractivity contribution in [3.05, 3.63) is 59.5 Å². The minimum atomic E-state index is -0.685. The Balaban J connectivity index is 1.41. The molecule has 0 spiro atoms. The average molecular weight is 526 g/mol. The largest absolute Gasteiger partial charge is 0.486 e. The number of nitrogens with one attached hydrogen (secondary N) is 1. The predicted molar refractivity (Wildman–Crippen MR) is 144 cm³/mol. The third kappa shape index (κ3) is 5.04. The fourth-order valence-corrected chi connectivity index (χ4v) is 5.61. The number of aromatic nitrogens is 2. The third-order valence-electron chi connectivity index (χ3n) is 7.89. The Bertz CT molecular complexity index is 1320. The van der Waals surface area contributed by atoms with Gasteiger partial charge in [0.1, 0.15) is 18.1 Å². The summed E-state index contributed by atoms with van der Waals surface area (Å²) in [6.45, 7) is 9.33. The molecule has 0 bridgehead atoms. The summed E-state index contributed by atoms with van der Waals surface area (Å²) in [5, 5.41) is 2.97. The smallest absolute Gasteiger partial charge is 0.227 e. The van der Waals surface area contributed by atoms with E-state index in [9.17, 15) is 8.78 Å². The molecule has 5 rings (SSSR count). The third-order valence-corrected chi connectivity index (χ3v) is 7.89. The van der Waals surface area contributed by atoms with Gasteiger partial charge in [-0.2, -0.15) is 0 Å². The van der Waals surface area contributed by atoms with Gasteiger partial charge in [0.25, 0.3) is 0 Å². The first kappa shape index (κ1) is 26.3. The average Bonchev–Trinajstić information content (AvgIpc) is 2.87. The topological polar surface area (TPSA) is 53.5 Å². The van der Waals surface area contributed by atoms with Gasteiger partial charge in [-0.1, -0.05) is 6.07 Å². The molecule has 1 aromatic heterocycles. The van der Waals surface area contributed by atoms with E-state index >= 15 is 4.39 Å². The maximum Gasteiger partial charge on any atom is 0.227 e. The molecule has 3 heterocycles. The number of halogens is 3. The van der Waals surface area contributed by atoms with Gasteiger partial charge < -0.3 is 19.9 Å². The van der Waals surface area contributed by atoms with Gasteiger partial charge in [0.05, 0.1) is 18.4 Å². The van der Waals surface area contributed by atoms with Gasteiger partial charge in [0, 0.05) is 29.4 Å². The van der Waals surface area contributed by atoms with Crippen molar-refractivity contribution < 1.29 is 17.9 Å². The van der Waals surface area contributed by atoms with Gasteiger partial charge in [-0.25, -0.2) is 23.1 Å². The Morgan fingerprint density at radius 3 is 2.42 bits per heavy atom. The van der Waals surface area contributed by atoms with Crippen LogP contribution >= 0.6 is 0 Å². The zero-order valence-corrected chi connectivity index (χ0v) is 22.4. The highest BCUT2D eigenvalue weighted by Crippen LogP contribution is 2.40. The lowest BCUT2D eigenvalue weighted by atomic mass is 9.82. The summed E-state index contributed by atoms with van der Waals surface area (Å²) in [6, 6.07) is 8.77. The zero-order valence-electron chi connectivity index (χ0n) is 22.4. The second kappa shape index (κ2) is 10.4. The van der Waals surface area contributed by atoms with Crippen LogP contribution in [0, 0.1) is 17.5 Å². The van der Waals surface area contributed by atoms with Crippen LogP contribution in [0.15, 0.2) is 36.5 Å². The Morgan fingerprint density at radius 2 is 1.74 bits per heavy atom. The molecule has 9 heteroatoms. The summed E-state index contributed by atoms with van der Waals surface area (Å²) in [7, 11) is 2.11. The van der Waals surface area contributed by atoms with E-state index in [1.165, 1.54) is 12.1 Å². The first-order chi connectivity index (χ1) is 18.1. The van der Waals surface area contributed by atoms with E-state index in [1.807, 2.05) is 18.7 Å². The molecule has 1 saturated heterocycles. The Kier molecular flexibility index (Phi) is 7.22. The van der Waals surface area contributed by atoms with E-state index in [1.54, 1.807) is 18.2 Å². The van der Waals surface area contributed by atoms with E-state index in [0.717, 1.165) is 19.0 Å². The minimum Gasteiger partial charge on any atom is -0.486 e. The van der Waals surface area contributed by atoms with Crippen LogP contribution < -0.4 is 15.0 Å². The lowest BCUT2D eigenvalue weighted by Gasteiger charge is -2.40. The van der Waals surface area contributed by atoms with Crippen molar-refractivity contribution in [3.63, 3.8) is 0 Å². The Hall–Kier alpha value is -3.33. The van der Waals surface area contributed by atoms with Crippen molar-refractivity contribution in [2.45, 2.75) is 64.6 Å². The van der Waals surface area contributed by atoms with Gasteiger partial charge in [-0.05, 0) is 83.3 Å². The summed E-state index contributed by atoms with van der Waals surface area (Å²) in [5.74, 6) is -1.17. The number of anilines is 3. The second-order valence-corrected chi connectivity index (χ2v) is 10.7. The molecule has 2 aliphatic rings. The molecule has 2 aromatic carbocycles. The summed E-state index contributed by atoms with van der Waals surface area (Å²) in [6.07, 6.45) is 2.82. The van der Waals surface area contributed by atoms with Gasteiger partial charge in [-0.3, -0.25) is 0 Å². The number of likely N-dealkylation sites (tertiary alicyclic amines) is 1. The highest BCUT2D eigenvalue weighted by atomic mass is 19.1. The van der Waals surface area contributed by atoms with Crippen LogP contribution in [0.1, 0.15) is 52.0 Å². The van der Waals surface area contributed by atoms with Crippen LogP contribution in [-0.4, -0.2) is 53.2 Å². The van der Waals surface area contributed by atoms with Crippen molar-refractivity contribution in [2.75, 3.05) is 30.4 Å². The molecule has 0 saturated carbocycles. The lowest BCUT2D eigenvalue weighted by Crippen LogP contribution is -2.43. The summed E-state index contributed by atoms with van der Waals surface area (Å²) in [5.41, 5.74) is 1.93. The Labute approximate surface area is 221 Å². The van der Waals surface area contributed by atoms with Crippen LogP contribution in [0.3, 0.4) is 0 Å². The molecule has 2 aliphatic heterocycles. The number of fused-ring (bicyclic) bond motifs is 1.